The fraction of sp³-hybridized carbons (Fsp3) is 0.632. The average Bonchev–Trinajstić information content (AvgIpc) is 2.46. The predicted molar refractivity (Wildman–Crippen MR) is 82.3 cm³/mol. The third kappa shape index (κ3) is 2.29. The summed E-state index contributed by atoms with van der Waals surface area (Å²) in [6.07, 6.45) is 8.28. The van der Waals surface area contributed by atoms with Crippen LogP contribution in [-0.2, 0) is 11.2 Å². The van der Waals surface area contributed by atoms with Gasteiger partial charge in [0.2, 0.25) is 0 Å². The van der Waals surface area contributed by atoms with Gasteiger partial charge in [-0.15, -0.1) is 0 Å². The predicted octanol–water partition coefficient (Wildman–Crippen LogP) is 4.02. The van der Waals surface area contributed by atoms with Crippen molar-refractivity contribution in [3.63, 3.8) is 0 Å². The highest BCUT2D eigenvalue weighted by Crippen LogP contribution is 2.60. The van der Waals surface area contributed by atoms with Crippen molar-refractivity contribution in [2.45, 2.75) is 44.9 Å². The van der Waals surface area contributed by atoms with E-state index in [1.807, 2.05) is 18.2 Å². The zero-order valence-electron chi connectivity index (χ0n) is 12.8. The molecule has 0 aromatic heterocycles. The Morgan fingerprint density at radius 3 is 2.33 bits per heavy atom. The molecule has 0 saturated heterocycles. The molecule has 0 radical (unpaired) electrons. The highest BCUT2D eigenvalue weighted by molar-refractivity contribution is 5.87. The third-order valence-corrected chi connectivity index (χ3v) is 6.13. The number of carbonyl (C=O) groups is 1. The Morgan fingerprint density at radius 1 is 1.14 bits per heavy atom. The topological polar surface area (TPSA) is 26.3 Å². The van der Waals surface area contributed by atoms with Crippen LogP contribution in [0.2, 0.25) is 0 Å². The third-order valence-electron chi connectivity index (χ3n) is 6.13. The molecule has 0 aliphatic heterocycles. The Balaban J connectivity index is 1.54. The van der Waals surface area contributed by atoms with E-state index < -0.39 is 0 Å². The Hall–Kier alpha value is -1.31. The smallest absolute Gasteiger partial charge is 0.143 e. The number of carbonyl (C=O) groups excluding carboxylic acids is 1. The van der Waals surface area contributed by atoms with Crippen LogP contribution >= 0.6 is 0 Å². The number of methoxy groups -OCH3 is 1. The first-order valence-corrected chi connectivity index (χ1v) is 8.33. The second-order valence-corrected chi connectivity index (χ2v) is 7.65. The molecular formula is C19H24O2. The van der Waals surface area contributed by atoms with E-state index in [9.17, 15) is 4.79 Å². The molecule has 1 aromatic rings. The molecule has 4 bridgehead atoms. The molecule has 2 nitrogen and oxygen atoms in total. The van der Waals surface area contributed by atoms with Crippen molar-refractivity contribution in [3.8, 4) is 5.75 Å². The van der Waals surface area contributed by atoms with Gasteiger partial charge in [-0.1, -0.05) is 12.1 Å². The SMILES string of the molecule is COc1cccc(CC(=O)C23CC4CC(CC(C4)C2)C3)c1. The van der Waals surface area contributed by atoms with Gasteiger partial charge in [-0.05, 0) is 74.0 Å². The first kappa shape index (κ1) is 13.4. The lowest BCUT2D eigenvalue weighted by atomic mass is 9.48. The molecule has 0 unspecified atom stereocenters. The van der Waals surface area contributed by atoms with Crippen LogP contribution in [-0.4, -0.2) is 12.9 Å². The molecule has 4 saturated carbocycles. The van der Waals surface area contributed by atoms with Crippen LogP contribution in [0.5, 0.6) is 5.75 Å². The molecule has 2 heteroatoms. The first-order chi connectivity index (χ1) is 10.2. The number of hydrogen-bond acceptors (Lipinski definition) is 2. The summed E-state index contributed by atoms with van der Waals surface area (Å²) in [7, 11) is 1.68. The van der Waals surface area contributed by atoms with Crippen LogP contribution < -0.4 is 4.74 Å². The molecule has 0 spiro atoms. The van der Waals surface area contributed by atoms with E-state index in [0.717, 1.165) is 29.1 Å². The van der Waals surface area contributed by atoms with Gasteiger partial charge in [0, 0.05) is 11.8 Å². The van der Waals surface area contributed by atoms with Crippen molar-refractivity contribution < 1.29 is 9.53 Å². The summed E-state index contributed by atoms with van der Waals surface area (Å²) in [4.78, 5) is 13.0. The Bertz CT molecular complexity index is 525. The fourth-order valence-corrected chi connectivity index (χ4v) is 5.61. The van der Waals surface area contributed by atoms with E-state index in [4.69, 9.17) is 4.74 Å². The number of benzene rings is 1. The quantitative estimate of drug-likeness (QED) is 0.834. The number of hydrogen-bond donors (Lipinski definition) is 0. The molecule has 0 atom stereocenters. The number of rotatable bonds is 4. The highest BCUT2D eigenvalue weighted by Gasteiger charge is 2.53. The summed E-state index contributed by atoms with van der Waals surface area (Å²) in [5, 5.41) is 0. The molecule has 4 aliphatic rings. The molecule has 5 rings (SSSR count). The van der Waals surface area contributed by atoms with Crippen molar-refractivity contribution >= 4 is 5.78 Å². The summed E-state index contributed by atoms with van der Waals surface area (Å²) in [5.74, 6) is 3.86. The normalized spacial score (nSPS) is 36.7. The average molecular weight is 284 g/mol. The molecule has 4 aliphatic carbocycles. The summed E-state index contributed by atoms with van der Waals surface area (Å²) >= 11 is 0. The van der Waals surface area contributed by atoms with Crippen LogP contribution in [0.3, 0.4) is 0 Å². The highest BCUT2D eigenvalue weighted by atomic mass is 16.5. The van der Waals surface area contributed by atoms with Crippen LogP contribution in [0.1, 0.15) is 44.1 Å². The standard InChI is InChI=1S/C19H24O2/c1-21-17-4-2-3-13(8-17)9-18(20)19-10-14-5-15(11-19)7-16(6-14)12-19/h2-4,8,14-16H,5-7,9-12H2,1H3. The summed E-state index contributed by atoms with van der Waals surface area (Å²) < 4.78 is 5.27. The summed E-state index contributed by atoms with van der Waals surface area (Å²) in [6, 6.07) is 8.00. The van der Waals surface area contributed by atoms with Gasteiger partial charge in [-0.3, -0.25) is 4.79 Å². The zero-order valence-corrected chi connectivity index (χ0v) is 12.8. The number of Topliss-reactive ketones (excluding diaryl/α,β-unsaturated/α-hetero) is 1. The largest absolute Gasteiger partial charge is 0.497 e. The maximum absolute atomic E-state index is 13.0. The summed E-state index contributed by atoms with van der Waals surface area (Å²) in [5.41, 5.74) is 1.13. The fourth-order valence-electron chi connectivity index (χ4n) is 5.61. The summed E-state index contributed by atoms with van der Waals surface area (Å²) in [6.45, 7) is 0. The minimum absolute atomic E-state index is 0.0256. The van der Waals surface area contributed by atoms with Gasteiger partial charge in [0.25, 0.3) is 0 Å². The molecule has 0 heterocycles. The van der Waals surface area contributed by atoms with Gasteiger partial charge in [0.15, 0.2) is 0 Å². The van der Waals surface area contributed by atoms with Gasteiger partial charge in [-0.25, -0.2) is 0 Å². The zero-order chi connectivity index (χ0) is 14.4. The van der Waals surface area contributed by atoms with Crippen molar-refractivity contribution in [3.05, 3.63) is 29.8 Å². The lowest BCUT2D eigenvalue weighted by molar-refractivity contribution is -0.143. The molecule has 0 N–H and O–H groups in total. The van der Waals surface area contributed by atoms with Gasteiger partial charge in [-0.2, -0.15) is 0 Å². The van der Waals surface area contributed by atoms with Crippen LogP contribution in [0.25, 0.3) is 0 Å². The van der Waals surface area contributed by atoms with E-state index in [-0.39, 0.29) is 5.41 Å². The number of ether oxygens (including phenoxy) is 1. The number of ketones is 1. The van der Waals surface area contributed by atoms with Crippen molar-refractivity contribution in [2.24, 2.45) is 23.2 Å². The molecule has 4 fully saturated rings. The van der Waals surface area contributed by atoms with E-state index in [1.54, 1.807) is 7.11 Å². The van der Waals surface area contributed by atoms with E-state index in [1.165, 1.54) is 38.5 Å². The second kappa shape index (κ2) is 4.86. The molecule has 1 aromatic carbocycles. The Morgan fingerprint density at radius 2 is 1.76 bits per heavy atom. The molecular weight excluding hydrogens is 260 g/mol. The maximum Gasteiger partial charge on any atom is 0.143 e. The van der Waals surface area contributed by atoms with E-state index >= 15 is 0 Å². The molecule has 0 amide bonds. The van der Waals surface area contributed by atoms with Crippen LogP contribution in [0, 0.1) is 23.2 Å². The Kier molecular flexibility index (Phi) is 3.09. The first-order valence-electron chi connectivity index (χ1n) is 8.33. The Labute approximate surface area is 126 Å². The van der Waals surface area contributed by atoms with Crippen LogP contribution in [0.15, 0.2) is 24.3 Å². The molecule has 21 heavy (non-hydrogen) atoms. The molecule has 112 valence electrons. The maximum atomic E-state index is 13.0. The van der Waals surface area contributed by atoms with Gasteiger partial charge >= 0.3 is 0 Å². The van der Waals surface area contributed by atoms with Gasteiger partial charge < -0.3 is 4.74 Å². The van der Waals surface area contributed by atoms with Crippen molar-refractivity contribution in [2.75, 3.05) is 7.11 Å². The monoisotopic (exact) mass is 284 g/mol. The van der Waals surface area contributed by atoms with Crippen LogP contribution in [0.4, 0.5) is 0 Å². The van der Waals surface area contributed by atoms with E-state index in [0.29, 0.717) is 12.2 Å². The van der Waals surface area contributed by atoms with Gasteiger partial charge in [0.1, 0.15) is 11.5 Å². The minimum Gasteiger partial charge on any atom is -0.497 e. The lowest BCUT2D eigenvalue weighted by Gasteiger charge is -2.56. The van der Waals surface area contributed by atoms with Crippen molar-refractivity contribution in [1.29, 1.82) is 0 Å². The lowest BCUT2D eigenvalue weighted by Crippen LogP contribution is -2.50. The van der Waals surface area contributed by atoms with Gasteiger partial charge in [0.05, 0.1) is 7.11 Å². The minimum atomic E-state index is 0.0256. The van der Waals surface area contributed by atoms with E-state index in [2.05, 4.69) is 6.07 Å². The second-order valence-electron chi connectivity index (χ2n) is 7.65. The van der Waals surface area contributed by atoms with Crippen molar-refractivity contribution in [1.82, 2.24) is 0 Å².